The summed E-state index contributed by atoms with van der Waals surface area (Å²) in [6, 6.07) is 4.71. The Hall–Kier alpha value is -2.01. The predicted octanol–water partition coefficient (Wildman–Crippen LogP) is 3.74. The van der Waals surface area contributed by atoms with E-state index in [2.05, 4.69) is 22.1 Å². The number of hydrogen-bond donors (Lipinski definition) is 1. The Balaban J connectivity index is 1.65. The van der Waals surface area contributed by atoms with Gasteiger partial charge in [0.1, 0.15) is 0 Å². The van der Waals surface area contributed by atoms with E-state index in [9.17, 15) is 14.9 Å². The zero-order valence-corrected chi connectivity index (χ0v) is 19.1. The second-order valence-corrected chi connectivity index (χ2v) is 9.71. The van der Waals surface area contributed by atoms with Gasteiger partial charge < -0.3 is 10.1 Å². The summed E-state index contributed by atoms with van der Waals surface area (Å²) in [4.78, 5) is 30.8. The minimum Gasteiger partial charge on any atom is -0.373 e. The molecule has 1 aromatic carbocycles. The standard InChI is InChI=1S/C20H26N4O4S2/c1-12-11-29-20(22-12)30-18-6-5-16(7-17(18)24(26)27)19(25)21-8-13(2)23-9-14(3)28-15(4)10-23/h5-7,11,13-15H,8-10H2,1-4H3,(H,21,25). The fourth-order valence-electron chi connectivity index (χ4n) is 3.41. The first-order valence-corrected chi connectivity index (χ1v) is 11.5. The Kier molecular flexibility index (Phi) is 7.45. The van der Waals surface area contributed by atoms with Crippen LogP contribution in [0.3, 0.4) is 0 Å². The summed E-state index contributed by atoms with van der Waals surface area (Å²) in [6.45, 7) is 10.1. The molecule has 3 rings (SSSR count). The third-order valence-electron chi connectivity index (χ3n) is 4.84. The van der Waals surface area contributed by atoms with Crippen molar-refractivity contribution in [1.82, 2.24) is 15.2 Å². The highest BCUT2D eigenvalue weighted by atomic mass is 32.2. The van der Waals surface area contributed by atoms with Crippen molar-refractivity contribution in [2.24, 2.45) is 0 Å². The molecule has 1 saturated heterocycles. The number of carbonyl (C=O) groups excluding carboxylic acids is 1. The van der Waals surface area contributed by atoms with Crippen molar-refractivity contribution in [3.05, 3.63) is 45.0 Å². The van der Waals surface area contributed by atoms with E-state index < -0.39 is 4.92 Å². The quantitative estimate of drug-likeness (QED) is 0.507. The monoisotopic (exact) mass is 450 g/mol. The van der Waals surface area contributed by atoms with E-state index in [1.54, 1.807) is 12.1 Å². The lowest BCUT2D eigenvalue weighted by molar-refractivity contribution is -0.387. The van der Waals surface area contributed by atoms with Crippen LogP contribution < -0.4 is 5.32 Å². The number of hydrogen-bond acceptors (Lipinski definition) is 8. The number of rotatable bonds is 7. The van der Waals surface area contributed by atoms with Gasteiger partial charge in [-0.3, -0.25) is 19.8 Å². The zero-order valence-electron chi connectivity index (χ0n) is 17.5. The molecule has 2 aromatic rings. The molecule has 1 N–H and O–H groups in total. The number of ether oxygens (including phenoxy) is 1. The SMILES string of the molecule is Cc1csc(Sc2ccc(C(=O)NCC(C)N3CC(C)OC(C)C3)cc2[N+](=O)[O-])n1. The molecular weight excluding hydrogens is 424 g/mol. The third-order valence-corrected chi connectivity index (χ3v) is 6.96. The lowest BCUT2D eigenvalue weighted by Crippen LogP contribution is -2.52. The molecule has 162 valence electrons. The highest BCUT2D eigenvalue weighted by Crippen LogP contribution is 2.36. The van der Waals surface area contributed by atoms with Gasteiger partial charge in [0, 0.05) is 48.4 Å². The Morgan fingerprint density at radius 2 is 2.13 bits per heavy atom. The number of morpholine rings is 1. The van der Waals surface area contributed by atoms with Gasteiger partial charge in [-0.15, -0.1) is 11.3 Å². The maximum Gasteiger partial charge on any atom is 0.284 e. The van der Waals surface area contributed by atoms with Crippen molar-refractivity contribution in [3.8, 4) is 0 Å². The van der Waals surface area contributed by atoms with Crippen LogP contribution in [-0.2, 0) is 4.74 Å². The van der Waals surface area contributed by atoms with Gasteiger partial charge in [0.25, 0.3) is 11.6 Å². The summed E-state index contributed by atoms with van der Waals surface area (Å²) in [5.74, 6) is -0.319. The molecule has 1 amide bonds. The maximum atomic E-state index is 12.6. The number of nitrogens with zero attached hydrogens (tertiary/aromatic N) is 3. The third kappa shape index (κ3) is 5.78. The van der Waals surface area contributed by atoms with Gasteiger partial charge in [-0.25, -0.2) is 4.98 Å². The number of amides is 1. The molecule has 30 heavy (non-hydrogen) atoms. The molecule has 8 nitrogen and oxygen atoms in total. The van der Waals surface area contributed by atoms with Crippen LogP contribution in [-0.4, -0.2) is 58.6 Å². The van der Waals surface area contributed by atoms with Crippen LogP contribution in [0.5, 0.6) is 0 Å². The summed E-state index contributed by atoms with van der Waals surface area (Å²) < 4.78 is 6.49. The van der Waals surface area contributed by atoms with E-state index in [-0.39, 0.29) is 35.4 Å². The Morgan fingerprint density at radius 3 is 2.73 bits per heavy atom. The first-order chi connectivity index (χ1) is 14.2. The number of nitro benzene ring substituents is 1. The number of nitro groups is 1. The van der Waals surface area contributed by atoms with Crippen molar-refractivity contribution in [2.75, 3.05) is 19.6 Å². The van der Waals surface area contributed by atoms with E-state index in [1.165, 1.54) is 29.2 Å². The maximum absolute atomic E-state index is 12.6. The normalized spacial score (nSPS) is 20.7. The van der Waals surface area contributed by atoms with E-state index in [1.807, 2.05) is 26.2 Å². The molecule has 1 aromatic heterocycles. The molecule has 0 saturated carbocycles. The van der Waals surface area contributed by atoms with Crippen molar-refractivity contribution in [2.45, 2.75) is 55.2 Å². The first kappa shape index (κ1) is 22.7. The fourth-order valence-corrected chi connectivity index (χ4v) is 5.29. The van der Waals surface area contributed by atoms with Crippen molar-refractivity contribution < 1.29 is 14.5 Å². The van der Waals surface area contributed by atoms with Crippen LogP contribution in [0.2, 0.25) is 0 Å². The molecule has 1 aliphatic heterocycles. The lowest BCUT2D eigenvalue weighted by Gasteiger charge is -2.39. The summed E-state index contributed by atoms with van der Waals surface area (Å²) >= 11 is 2.67. The molecule has 10 heteroatoms. The molecule has 0 bridgehead atoms. The Morgan fingerprint density at radius 1 is 1.43 bits per heavy atom. The largest absolute Gasteiger partial charge is 0.373 e. The van der Waals surface area contributed by atoms with Gasteiger partial charge in [-0.2, -0.15) is 0 Å². The average Bonchev–Trinajstić information content (AvgIpc) is 3.09. The summed E-state index contributed by atoms with van der Waals surface area (Å²) in [5, 5.41) is 16.4. The van der Waals surface area contributed by atoms with Crippen molar-refractivity contribution in [3.63, 3.8) is 0 Å². The average molecular weight is 451 g/mol. The van der Waals surface area contributed by atoms with Gasteiger partial charge in [0.2, 0.25) is 0 Å². The fraction of sp³-hybridized carbons (Fsp3) is 0.500. The lowest BCUT2D eigenvalue weighted by atomic mass is 10.1. The van der Waals surface area contributed by atoms with Gasteiger partial charge in [-0.05, 0) is 39.8 Å². The first-order valence-electron chi connectivity index (χ1n) is 9.79. The van der Waals surface area contributed by atoms with E-state index in [0.29, 0.717) is 11.4 Å². The van der Waals surface area contributed by atoms with Crippen LogP contribution in [0.25, 0.3) is 0 Å². The van der Waals surface area contributed by atoms with Gasteiger partial charge in [0.15, 0.2) is 4.34 Å². The second-order valence-electron chi connectivity index (χ2n) is 7.57. The number of aromatic nitrogens is 1. The zero-order chi connectivity index (χ0) is 21.8. The number of nitrogens with one attached hydrogen (secondary N) is 1. The minimum absolute atomic E-state index is 0.0932. The number of aryl methyl sites for hydroxylation is 1. The van der Waals surface area contributed by atoms with Gasteiger partial charge >= 0.3 is 0 Å². The number of benzene rings is 1. The summed E-state index contributed by atoms with van der Waals surface area (Å²) in [5.41, 5.74) is 1.06. The highest BCUT2D eigenvalue weighted by molar-refractivity contribution is 8.01. The molecule has 1 aliphatic rings. The molecule has 2 heterocycles. The van der Waals surface area contributed by atoms with Crippen LogP contribution in [0.1, 0.15) is 36.8 Å². The minimum atomic E-state index is -0.460. The molecular formula is C20H26N4O4S2. The second kappa shape index (κ2) is 9.86. The van der Waals surface area contributed by atoms with Crippen LogP contribution in [0, 0.1) is 17.0 Å². The van der Waals surface area contributed by atoms with Crippen molar-refractivity contribution >= 4 is 34.7 Å². The Bertz CT molecular complexity index is 910. The molecule has 1 fully saturated rings. The van der Waals surface area contributed by atoms with Crippen LogP contribution >= 0.6 is 23.1 Å². The molecule has 3 unspecified atom stereocenters. The van der Waals surface area contributed by atoms with E-state index in [4.69, 9.17) is 4.74 Å². The van der Waals surface area contributed by atoms with E-state index in [0.717, 1.165) is 23.1 Å². The van der Waals surface area contributed by atoms with Gasteiger partial charge in [0.05, 0.1) is 22.0 Å². The smallest absolute Gasteiger partial charge is 0.284 e. The summed E-state index contributed by atoms with van der Waals surface area (Å²) in [6.07, 6.45) is 0.308. The Labute approximate surface area is 184 Å². The van der Waals surface area contributed by atoms with E-state index >= 15 is 0 Å². The van der Waals surface area contributed by atoms with Crippen LogP contribution in [0.4, 0.5) is 5.69 Å². The topological polar surface area (TPSA) is 97.6 Å². The van der Waals surface area contributed by atoms with Gasteiger partial charge in [-0.1, -0.05) is 11.8 Å². The molecule has 0 spiro atoms. The predicted molar refractivity (Wildman–Crippen MR) is 117 cm³/mol. The molecule has 0 radical (unpaired) electrons. The highest BCUT2D eigenvalue weighted by Gasteiger charge is 2.26. The van der Waals surface area contributed by atoms with Crippen molar-refractivity contribution in [1.29, 1.82) is 0 Å². The molecule has 3 atom stereocenters. The number of carbonyl (C=O) groups is 1. The molecule has 0 aliphatic carbocycles. The van der Waals surface area contributed by atoms with Crippen LogP contribution in [0.15, 0.2) is 32.8 Å². The summed E-state index contributed by atoms with van der Waals surface area (Å²) in [7, 11) is 0. The number of thiazole rings is 1.